The Labute approximate surface area is 188 Å². The second-order valence-corrected chi connectivity index (χ2v) is 8.97. The quantitative estimate of drug-likeness (QED) is 0.598. The van der Waals surface area contributed by atoms with Crippen LogP contribution in [0.25, 0.3) is 0 Å². The Bertz CT molecular complexity index is 1130. The van der Waals surface area contributed by atoms with E-state index in [9.17, 15) is 31.2 Å². The summed E-state index contributed by atoms with van der Waals surface area (Å²) >= 11 is 0. The van der Waals surface area contributed by atoms with E-state index in [2.05, 4.69) is 14.8 Å². The molecule has 0 saturated carbocycles. The molecule has 1 heterocycles. The summed E-state index contributed by atoms with van der Waals surface area (Å²) in [5.41, 5.74) is 1.70. The molecule has 1 aliphatic rings. The van der Waals surface area contributed by atoms with Crippen LogP contribution in [0.5, 0.6) is 5.75 Å². The van der Waals surface area contributed by atoms with Gasteiger partial charge in [0, 0.05) is 37.3 Å². The van der Waals surface area contributed by atoms with Gasteiger partial charge in [-0.05, 0) is 54.4 Å². The zero-order valence-corrected chi connectivity index (χ0v) is 18.4. The van der Waals surface area contributed by atoms with Gasteiger partial charge in [-0.2, -0.15) is 0 Å². The molecule has 0 radical (unpaired) electrons. The first-order valence-corrected chi connectivity index (χ1v) is 11.6. The van der Waals surface area contributed by atoms with E-state index in [0.717, 1.165) is 17.7 Å². The highest BCUT2D eigenvalue weighted by molar-refractivity contribution is 7.89. The summed E-state index contributed by atoms with van der Waals surface area (Å²) in [5, 5.41) is 2.46. The van der Waals surface area contributed by atoms with E-state index in [-0.39, 0.29) is 29.5 Å². The Hall–Kier alpha value is -3.12. The summed E-state index contributed by atoms with van der Waals surface area (Å²) in [4.78, 5) is 25.7. The van der Waals surface area contributed by atoms with Gasteiger partial charge < -0.3 is 15.0 Å². The van der Waals surface area contributed by atoms with Gasteiger partial charge in [-0.25, -0.2) is 13.1 Å². The number of anilines is 2. The second kappa shape index (κ2) is 9.79. The molecule has 1 aliphatic heterocycles. The fourth-order valence-corrected chi connectivity index (χ4v) is 4.42. The van der Waals surface area contributed by atoms with Crippen molar-refractivity contribution in [3.8, 4) is 5.75 Å². The van der Waals surface area contributed by atoms with Crippen molar-refractivity contribution in [3.05, 3.63) is 48.0 Å². The molecule has 0 aromatic heterocycles. The van der Waals surface area contributed by atoms with E-state index in [4.69, 9.17) is 0 Å². The monoisotopic (exact) mass is 485 g/mol. The molecule has 0 aliphatic carbocycles. The number of halogens is 3. The Balaban J connectivity index is 1.53. The van der Waals surface area contributed by atoms with Crippen LogP contribution < -0.4 is 19.7 Å². The van der Waals surface area contributed by atoms with Crippen molar-refractivity contribution in [3.63, 3.8) is 0 Å². The highest BCUT2D eigenvalue weighted by atomic mass is 32.2. The average Bonchev–Trinajstić information content (AvgIpc) is 3.17. The van der Waals surface area contributed by atoms with E-state index in [1.54, 1.807) is 17.9 Å². The molecule has 2 aromatic carbocycles. The Morgan fingerprint density at radius 1 is 1.12 bits per heavy atom. The van der Waals surface area contributed by atoms with Crippen molar-refractivity contribution in [1.82, 2.24) is 4.72 Å². The molecule has 8 nitrogen and oxygen atoms in total. The molecule has 0 spiro atoms. The van der Waals surface area contributed by atoms with Crippen LogP contribution in [-0.4, -0.2) is 39.7 Å². The SMILES string of the molecule is CCC(=O)N1CCc2cc(S(=O)(=O)NCCC(=O)Nc3ccc(OC(F)(F)F)cc3)ccc21. The molecule has 2 amide bonds. The van der Waals surface area contributed by atoms with Crippen molar-refractivity contribution in [2.75, 3.05) is 23.3 Å². The van der Waals surface area contributed by atoms with Crippen molar-refractivity contribution < 1.29 is 35.9 Å². The first kappa shape index (κ1) is 24.5. The van der Waals surface area contributed by atoms with Gasteiger partial charge in [0.25, 0.3) is 0 Å². The molecule has 0 atom stereocenters. The van der Waals surface area contributed by atoms with Crippen LogP contribution in [0.1, 0.15) is 25.3 Å². The zero-order valence-electron chi connectivity index (χ0n) is 17.6. The average molecular weight is 485 g/mol. The number of hydrogen-bond donors (Lipinski definition) is 2. The summed E-state index contributed by atoms with van der Waals surface area (Å²) in [6.07, 6.45) is -4.09. The molecular weight excluding hydrogens is 463 g/mol. The third-order valence-electron chi connectivity index (χ3n) is 4.88. The summed E-state index contributed by atoms with van der Waals surface area (Å²) < 4.78 is 67.8. The number of benzene rings is 2. The van der Waals surface area contributed by atoms with Crippen LogP contribution in [-0.2, 0) is 26.0 Å². The van der Waals surface area contributed by atoms with Gasteiger partial charge >= 0.3 is 6.36 Å². The van der Waals surface area contributed by atoms with Crippen LogP contribution in [0.15, 0.2) is 47.4 Å². The molecule has 0 fully saturated rings. The Kier molecular flexibility index (Phi) is 7.28. The predicted molar refractivity (Wildman–Crippen MR) is 114 cm³/mol. The molecule has 12 heteroatoms. The molecule has 0 saturated heterocycles. The van der Waals surface area contributed by atoms with Crippen molar-refractivity contribution >= 4 is 33.2 Å². The molecule has 2 aromatic rings. The van der Waals surface area contributed by atoms with Crippen molar-refractivity contribution in [2.24, 2.45) is 0 Å². The van der Waals surface area contributed by atoms with E-state index in [1.165, 1.54) is 24.3 Å². The van der Waals surface area contributed by atoms with Gasteiger partial charge in [-0.1, -0.05) is 6.92 Å². The van der Waals surface area contributed by atoms with Crippen LogP contribution in [0.4, 0.5) is 24.5 Å². The molecule has 178 valence electrons. The number of fused-ring (bicyclic) bond motifs is 1. The number of rotatable bonds is 8. The van der Waals surface area contributed by atoms with E-state index < -0.39 is 28.0 Å². The van der Waals surface area contributed by atoms with Gasteiger partial charge in [0.15, 0.2) is 0 Å². The molecule has 2 N–H and O–H groups in total. The zero-order chi connectivity index (χ0) is 24.2. The number of hydrogen-bond acceptors (Lipinski definition) is 5. The first-order valence-electron chi connectivity index (χ1n) is 10.1. The van der Waals surface area contributed by atoms with Crippen molar-refractivity contribution in [1.29, 1.82) is 0 Å². The standard InChI is InChI=1S/C21H22F3N3O5S/c1-2-20(29)27-12-10-14-13-17(7-8-18(14)27)33(30,31)25-11-9-19(28)26-15-3-5-16(6-4-15)32-21(22,23)24/h3-8,13,25H,2,9-12H2,1H3,(H,26,28). The smallest absolute Gasteiger partial charge is 0.406 e. The van der Waals surface area contributed by atoms with Crippen molar-refractivity contribution in [2.45, 2.75) is 37.4 Å². The molecular formula is C21H22F3N3O5S. The lowest BCUT2D eigenvalue weighted by Gasteiger charge is -2.16. The fourth-order valence-electron chi connectivity index (χ4n) is 3.34. The van der Waals surface area contributed by atoms with Crippen LogP contribution >= 0.6 is 0 Å². The lowest BCUT2D eigenvalue weighted by molar-refractivity contribution is -0.274. The number of ether oxygens (including phenoxy) is 1. The highest BCUT2D eigenvalue weighted by Crippen LogP contribution is 2.30. The summed E-state index contributed by atoms with van der Waals surface area (Å²) in [5.74, 6) is -0.981. The van der Waals surface area contributed by atoms with Crippen LogP contribution in [0, 0.1) is 0 Å². The van der Waals surface area contributed by atoms with Gasteiger partial charge in [0.2, 0.25) is 21.8 Å². The van der Waals surface area contributed by atoms with Gasteiger partial charge in [0.1, 0.15) is 5.75 Å². The number of alkyl halides is 3. The molecule has 0 bridgehead atoms. The van der Waals surface area contributed by atoms with Gasteiger partial charge in [-0.15, -0.1) is 13.2 Å². The van der Waals surface area contributed by atoms with Crippen LogP contribution in [0.2, 0.25) is 0 Å². The minimum Gasteiger partial charge on any atom is -0.406 e. The lowest BCUT2D eigenvalue weighted by Crippen LogP contribution is -2.28. The number of carbonyl (C=O) groups excluding carboxylic acids is 2. The van der Waals surface area contributed by atoms with E-state index in [1.807, 2.05) is 0 Å². The normalized spacial score (nSPS) is 13.5. The number of nitrogens with zero attached hydrogens (tertiary/aromatic N) is 1. The number of nitrogens with one attached hydrogen (secondary N) is 2. The lowest BCUT2D eigenvalue weighted by atomic mass is 10.2. The summed E-state index contributed by atoms with van der Waals surface area (Å²) in [7, 11) is -3.87. The third kappa shape index (κ3) is 6.45. The largest absolute Gasteiger partial charge is 0.573 e. The Morgan fingerprint density at radius 2 is 1.82 bits per heavy atom. The van der Waals surface area contributed by atoms with Gasteiger partial charge in [-0.3, -0.25) is 9.59 Å². The minimum absolute atomic E-state index is 0.0315. The number of sulfonamides is 1. The fraction of sp³-hybridized carbons (Fsp3) is 0.333. The predicted octanol–water partition coefficient (Wildman–Crippen LogP) is 3.19. The maximum absolute atomic E-state index is 12.6. The second-order valence-electron chi connectivity index (χ2n) is 7.21. The third-order valence-corrected chi connectivity index (χ3v) is 6.33. The van der Waals surface area contributed by atoms with Crippen LogP contribution in [0.3, 0.4) is 0 Å². The summed E-state index contributed by atoms with van der Waals surface area (Å²) in [6.45, 7) is 2.08. The van der Waals surface area contributed by atoms with E-state index in [0.29, 0.717) is 25.1 Å². The number of amides is 2. The maximum atomic E-state index is 12.6. The first-order chi connectivity index (χ1) is 15.5. The highest BCUT2D eigenvalue weighted by Gasteiger charge is 2.31. The topological polar surface area (TPSA) is 105 Å². The Morgan fingerprint density at radius 3 is 2.45 bits per heavy atom. The van der Waals surface area contributed by atoms with E-state index >= 15 is 0 Å². The van der Waals surface area contributed by atoms with Gasteiger partial charge in [0.05, 0.1) is 4.90 Å². The summed E-state index contributed by atoms with van der Waals surface area (Å²) in [6, 6.07) is 9.10. The minimum atomic E-state index is -4.81. The molecule has 3 rings (SSSR count). The maximum Gasteiger partial charge on any atom is 0.573 e. The number of carbonyl (C=O) groups is 2. The molecule has 0 unspecified atom stereocenters. The molecule has 33 heavy (non-hydrogen) atoms.